The molecule has 13 nitrogen and oxygen atoms in total. The third kappa shape index (κ3) is 9.86. The Hall–Kier alpha value is -4.27. The number of nitrogens with zero attached hydrogens (tertiary/aromatic N) is 1. The van der Waals surface area contributed by atoms with Gasteiger partial charge in [0, 0.05) is 17.0 Å². The highest BCUT2D eigenvalue weighted by Crippen LogP contribution is 2.32. The number of phenolic OH excluding ortho intramolecular Hbond substituents is 1. The van der Waals surface area contributed by atoms with Crippen LogP contribution in [0.4, 0.5) is 5.69 Å². The molecule has 14 heteroatoms. The van der Waals surface area contributed by atoms with Crippen molar-refractivity contribution in [2.24, 2.45) is 17.2 Å². The maximum absolute atomic E-state index is 13.5. The molecule has 1 fully saturated rings. The van der Waals surface area contributed by atoms with Gasteiger partial charge in [0.1, 0.15) is 24.1 Å². The highest BCUT2D eigenvalue weighted by Gasteiger charge is 2.37. The van der Waals surface area contributed by atoms with E-state index in [1.807, 2.05) is 0 Å². The predicted octanol–water partition coefficient (Wildman–Crippen LogP) is 0.155. The number of carbonyl (C=O) groups is 6. The minimum atomic E-state index is -1.08. The number of amides is 3. The molecule has 3 rings (SSSR count). The Morgan fingerprint density at radius 3 is 2.38 bits per heavy atom. The van der Waals surface area contributed by atoms with Gasteiger partial charge in [0.25, 0.3) is 0 Å². The predicted molar refractivity (Wildman–Crippen MR) is 170 cm³/mol. The Morgan fingerprint density at radius 2 is 1.76 bits per heavy atom. The summed E-state index contributed by atoms with van der Waals surface area (Å²) in [6, 6.07) is 8.33. The lowest BCUT2D eigenvalue weighted by Crippen LogP contribution is -2.53. The zero-order chi connectivity index (χ0) is 33.1. The van der Waals surface area contributed by atoms with Gasteiger partial charge in [-0.25, -0.2) is 0 Å². The van der Waals surface area contributed by atoms with Crippen molar-refractivity contribution in [1.29, 1.82) is 0 Å². The lowest BCUT2D eigenvalue weighted by molar-refractivity contribution is -0.129. The SMILES string of the molecule is C[C@@H](C(N)=O)N(c1ccccc1C(=O)CNC(=O)[C@@H](CCC[C@@H](N)C=O)NC(=O)[C@@H](N)Cc1ccc(O)cc1)C1CCSC1=O. The number of aldehydes is 1. The molecule has 1 saturated heterocycles. The van der Waals surface area contributed by atoms with Crippen LogP contribution >= 0.6 is 11.8 Å². The minimum absolute atomic E-state index is 0.0697. The molecule has 1 heterocycles. The first kappa shape index (κ1) is 35.2. The van der Waals surface area contributed by atoms with Crippen LogP contribution in [-0.2, 0) is 30.4 Å². The van der Waals surface area contributed by atoms with E-state index in [0.29, 0.717) is 36.1 Å². The molecule has 9 N–H and O–H groups in total. The average molecular weight is 641 g/mol. The number of carbonyl (C=O) groups excluding carboxylic acids is 6. The molecule has 45 heavy (non-hydrogen) atoms. The number of Topliss-reactive ketones (excluding diaryl/α,β-unsaturated/α-hetero) is 1. The van der Waals surface area contributed by atoms with Crippen LogP contribution in [0.25, 0.3) is 0 Å². The second-order valence-electron chi connectivity index (χ2n) is 10.9. The Labute approximate surface area is 265 Å². The highest BCUT2D eigenvalue weighted by molar-refractivity contribution is 8.14. The summed E-state index contributed by atoms with van der Waals surface area (Å²) in [5.41, 5.74) is 18.6. The largest absolute Gasteiger partial charge is 0.508 e. The number of ketones is 1. The summed E-state index contributed by atoms with van der Waals surface area (Å²) in [7, 11) is 0. The summed E-state index contributed by atoms with van der Waals surface area (Å²) in [6.07, 6.45) is 1.95. The summed E-state index contributed by atoms with van der Waals surface area (Å²) in [5, 5.41) is 14.6. The maximum Gasteiger partial charge on any atom is 0.242 e. The normalized spacial score (nSPS) is 17.0. The molecule has 3 amide bonds. The van der Waals surface area contributed by atoms with Crippen molar-refractivity contribution in [3.8, 4) is 5.75 Å². The number of hydrogen-bond acceptors (Lipinski definition) is 11. The van der Waals surface area contributed by atoms with Crippen LogP contribution in [0.3, 0.4) is 0 Å². The Kier molecular flexibility index (Phi) is 13.1. The van der Waals surface area contributed by atoms with Crippen molar-refractivity contribution in [1.82, 2.24) is 10.6 Å². The third-order valence-corrected chi connectivity index (χ3v) is 8.54. The molecule has 0 bridgehead atoms. The number of thioether (sulfide) groups is 1. The van der Waals surface area contributed by atoms with Crippen molar-refractivity contribution in [3.05, 3.63) is 59.7 Å². The first-order chi connectivity index (χ1) is 21.4. The topological polar surface area (TPSA) is 228 Å². The second-order valence-corrected chi connectivity index (χ2v) is 12.0. The van der Waals surface area contributed by atoms with Gasteiger partial charge in [-0.15, -0.1) is 0 Å². The Balaban J connectivity index is 1.74. The van der Waals surface area contributed by atoms with E-state index in [1.54, 1.807) is 48.2 Å². The van der Waals surface area contributed by atoms with Crippen molar-refractivity contribution in [2.75, 3.05) is 17.2 Å². The maximum atomic E-state index is 13.5. The molecule has 0 spiro atoms. The zero-order valence-corrected chi connectivity index (χ0v) is 25.8. The van der Waals surface area contributed by atoms with Crippen LogP contribution in [0.5, 0.6) is 5.75 Å². The number of phenols is 1. The smallest absolute Gasteiger partial charge is 0.242 e. The molecule has 0 saturated carbocycles. The van der Waals surface area contributed by atoms with Gasteiger partial charge in [-0.2, -0.15) is 0 Å². The number of anilines is 1. The van der Waals surface area contributed by atoms with Crippen LogP contribution in [0.15, 0.2) is 48.5 Å². The van der Waals surface area contributed by atoms with Crippen molar-refractivity contribution in [2.45, 2.75) is 69.2 Å². The molecule has 1 aliphatic rings. The summed E-state index contributed by atoms with van der Waals surface area (Å²) in [5.74, 6) is -1.76. The third-order valence-electron chi connectivity index (χ3n) is 7.55. The molecule has 0 aliphatic carbocycles. The van der Waals surface area contributed by atoms with E-state index < -0.39 is 60.3 Å². The van der Waals surface area contributed by atoms with E-state index in [9.17, 15) is 33.9 Å². The monoisotopic (exact) mass is 640 g/mol. The number of primary amides is 1. The van der Waals surface area contributed by atoms with Crippen molar-refractivity contribution >= 4 is 52.4 Å². The summed E-state index contributed by atoms with van der Waals surface area (Å²) < 4.78 is 0. The number of para-hydroxylation sites is 1. The zero-order valence-electron chi connectivity index (χ0n) is 25.0. The molecular weight excluding hydrogens is 600 g/mol. The molecule has 2 aromatic rings. The molecule has 1 unspecified atom stereocenters. The molecule has 242 valence electrons. The van der Waals surface area contributed by atoms with Gasteiger partial charge in [0.05, 0.1) is 24.7 Å². The fraction of sp³-hybridized carbons (Fsp3) is 0.419. The molecule has 5 atom stereocenters. The summed E-state index contributed by atoms with van der Waals surface area (Å²) in [6.45, 7) is 1.12. The molecule has 2 aromatic carbocycles. The second kappa shape index (κ2) is 16.7. The van der Waals surface area contributed by atoms with E-state index in [0.717, 1.165) is 11.8 Å². The van der Waals surface area contributed by atoms with E-state index in [4.69, 9.17) is 17.2 Å². The molecule has 0 radical (unpaired) electrons. The first-order valence-corrected chi connectivity index (χ1v) is 15.6. The number of nitrogens with one attached hydrogen (secondary N) is 2. The molecule has 0 aromatic heterocycles. The number of hydrogen-bond donors (Lipinski definition) is 6. The summed E-state index contributed by atoms with van der Waals surface area (Å²) >= 11 is 1.15. The van der Waals surface area contributed by atoms with Gasteiger partial charge in [0.2, 0.25) is 22.8 Å². The van der Waals surface area contributed by atoms with Gasteiger partial charge in [-0.1, -0.05) is 36.0 Å². The van der Waals surface area contributed by atoms with Gasteiger partial charge in [0.15, 0.2) is 5.78 Å². The van der Waals surface area contributed by atoms with Crippen molar-refractivity contribution in [3.63, 3.8) is 0 Å². The van der Waals surface area contributed by atoms with E-state index in [2.05, 4.69) is 10.6 Å². The lowest BCUT2D eigenvalue weighted by atomic mass is 10.0. The van der Waals surface area contributed by atoms with Gasteiger partial charge < -0.3 is 42.6 Å². The standard InChI is InChI=1S/C31H40N6O7S/c1-18(28(34)41)37(26-13-14-45-31(26)44)25-8-3-2-6-22(25)27(40)16-35-30(43)24(7-4-5-20(32)17-38)36-29(42)23(33)15-19-9-11-21(39)12-10-19/h2-3,6,8-12,17-18,20,23-24,26,39H,4-5,7,13-16,32-33H2,1H3,(H2,34,41)(H,35,43)(H,36,42)/t18-,20+,23-,24+,26?/m0/s1. The van der Waals surface area contributed by atoms with E-state index >= 15 is 0 Å². The molecule has 1 aliphatic heterocycles. The average Bonchev–Trinajstić information content (AvgIpc) is 3.45. The highest BCUT2D eigenvalue weighted by atomic mass is 32.2. The fourth-order valence-electron chi connectivity index (χ4n) is 4.99. The van der Waals surface area contributed by atoms with Crippen molar-refractivity contribution < 1.29 is 33.9 Å². The number of rotatable bonds is 17. The number of nitrogens with two attached hydrogens (primary N) is 3. The number of benzene rings is 2. The van der Waals surface area contributed by atoms with Gasteiger partial charge in [-0.3, -0.25) is 24.0 Å². The summed E-state index contributed by atoms with van der Waals surface area (Å²) in [4.78, 5) is 77.0. The molecular formula is C31H40N6O7S. The first-order valence-electron chi connectivity index (χ1n) is 14.6. The van der Waals surface area contributed by atoms with Crippen LogP contribution in [0.2, 0.25) is 0 Å². The Morgan fingerprint density at radius 1 is 1.07 bits per heavy atom. The number of aromatic hydroxyl groups is 1. The lowest BCUT2D eigenvalue weighted by Gasteiger charge is -2.35. The van der Waals surface area contributed by atoms with Gasteiger partial charge >= 0.3 is 0 Å². The minimum Gasteiger partial charge on any atom is -0.508 e. The van der Waals surface area contributed by atoms with Gasteiger partial charge in [-0.05, 0) is 68.9 Å². The van der Waals surface area contributed by atoms with Crippen LogP contribution < -0.4 is 32.7 Å². The van der Waals surface area contributed by atoms with Crippen LogP contribution in [0, 0.1) is 0 Å². The Bertz CT molecular complexity index is 1390. The van der Waals surface area contributed by atoms with Crippen LogP contribution in [0.1, 0.15) is 48.5 Å². The quantitative estimate of drug-likeness (QED) is 0.101. The van der Waals surface area contributed by atoms with Crippen LogP contribution in [-0.4, -0.2) is 82.5 Å². The van der Waals surface area contributed by atoms with E-state index in [-0.39, 0.29) is 35.7 Å². The van der Waals surface area contributed by atoms with E-state index in [1.165, 1.54) is 12.1 Å². The fourth-order valence-corrected chi connectivity index (χ4v) is 5.96.